The van der Waals surface area contributed by atoms with Gasteiger partial charge in [-0.2, -0.15) is 0 Å². The highest BCUT2D eigenvalue weighted by Crippen LogP contribution is 2.25. The number of hydrogen-bond acceptors (Lipinski definition) is 2. The fourth-order valence-electron chi connectivity index (χ4n) is 1.37. The molecule has 0 saturated carbocycles. The van der Waals surface area contributed by atoms with E-state index in [1.165, 1.54) is 0 Å². The first-order valence-electron chi connectivity index (χ1n) is 4.50. The summed E-state index contributed by atoms with van der Waals surface area (Å²) < 4.78 is 10.5. The van der Waals surface area contributed by atoms with Gasteiger partial charge in [0.25, 0.3) is 0 Å². The number of methoxy groups -OCH3 is 2. The van der Waals surface area contributed by atoms with Crippen LogP contribution in [0, 0.1) is 0 Å². The summed E-state index contributed by atoms with van der Waals surface area (Å²) in [6, 6.07) is 0. The summed E-state index contributed by atoms with van der Waals surface area (Å²) in [6.45, 7) is 8.16. The Kier molecular flexibility index (Phi) is 6.55. The van der Waals surface area contributed by atoms with Gasteiger partial charge in [-0.3, -0.25) is 0 Å². The van der Waals surface area contributed by atoms with Gasteiger partial charge in [-0.15, -0.1) is 13.2 Å². The molecule has 0 aromatic carbocycles. The van der Waals surface area contributed by atoms with Crippen molar-refractivity contribution in [1.29, 1.82) is 0 Å². The Morgan fingerprint density at radius 2 is 1.69 bits per heavy atom. The van der Waals surface area contributed by atoms with E-state index in [0.29, 0.717) is 6.61 Å². The molecule has 0 unspecified atom stereocenters. The smallest absolute Gasteiger partial charge is 0.0768 e. The van der Waals surface area contributed by atoms with Crippen LogP contribution >= 0.6 is 0 Å². The maximum atomic E-state index is 5.50. The maximum Gasteiger partial charge on any atom is 0.0768 e. The normalized spacial score (nSPS) is 11.2. The summed E-state index contributed by atoms with van der Waals surface area (Å²) >= 11 is 0. The van der Waals surface area contributed by atoms with Crippen LogP contribution in [0.4, 0.5) is 0 Å². The molecule has 0 bridgehead atoms. The first-order chi connectivity index (χ1) is 6.24. The van der Waals surface area contributed by atoms with E-state index >= 15 is 0 Å². The third-order valence-corrected chi connectivity index (χ3v) is 2.23. The SMILES string of the molecule is C=CCC(CC=C)(CCOC)OC. The van der Waals surface area contributed by atoms with Gasteiger partial charge >= 0.3 is 0 Å². The Morgan fingerprint density at radius 1 is 1.15 bits per heavy atom. The number of rotatable bonds is 8. The minimum Gasteiger partial charge on any atom is -0.385 e. The topological polar surface area (TPSA) is 18.5 Å². The van der Waals surface area contributed by atoms with E-state index in [2.05, 4.69) is 13.2 Å². The summed E-state index contributed by atoms with van der Waals surface area (Å²) in [4.78, 5) is 0. The van der Waals surface area contributed by atoms with E-state index in [1.807, 2.05) is 12.2 Å². The first-order valence-corrected chi connectivity index (χ1v) is 4.50. The molecule has 0 radical (unpaired) electrons. The van der Waals surface area contributed by atoms with Crippen LogP contribution in [-0.2, 0) is 9.47 Å². The monoisotopic (exact) mass is 184 g/mol. The third-order valence-electron chi connectivity index (χ3n) is 2.23. The van der Waals surface area contributed by atoms with Crippen LogP contribution in [0.5, 0.6) is 0 Å². The van der Waals surface area contributed by atoms with Crippen molar-refractivity contribution in [1.82, 2.24) is 0 Å². The Balaban J connectivity index is 4.23. The molecule has 0 heterocycles. The van der Waals surface area contributed by atoms with Gasteiger partial charge in [-0.1, -0.05) is 12.2 Å². The molecule has 0 aromatic rings. The van der Waals surface area contributed by atoms with Gasteiger partial charge in [0.2, 0.25) is 0 Å². The Labute approximate surface area is 81.2 Å². The zero-order valence-corrected chi connectivity index (χ0v) is 8.71. The van der Waals surface area contributed by atoms with Gasteiger partial charge in [0.15, 0.2) is 0 Å². The van der Waals surface area contributed by atoms with Crippen molar-refractivity contribution in [2.75, 3.05) is 20.8 Å². The highest BCUT2D eigenvalue weighted by atomic mass is 16.5. The molecule has 0 aliphatic heterocycles. The average Bonchev–Trinajstić information content (AvgIpc) is 2.15. The van der Waals surface area contributed by atoms with Gasteiger partial charge in [-0.05, 0) is 12.8 Å². The summed E-state index contributed by atoms with van der Waals surface area (Å²) in [6.07, 6.45) is 6.29. The molecule has 2 nitrogen and oxygen atoms in total. The minimum absolute atomic E-state index is 0.167. The van der Waals surface area contributed by atoms with E-state index in [-0.39, 0.29) is 5.60 Å². The molecule has 0 aliphatic rings. The van der Waals surface area contributed by atoms with Crippen molar-refractivity contribution in [3.63, 3.8) is 0 Å². The maximum absolute atomic E-state index is 5.50. The lowest BCUT2D eigenvalue weighted by molar-refractivity contribution is -0.0280. The summed E-state index contributed by atoms with van der Waals surface area (Å²) in [5.41, 5.74) is -0.167. The Morgan fingerprint density at radius 3 is 2.00 bits per heavy atom. The molecule has 0 spiro atoms. The van der Waals surface area contributed by atoms with Gasteiger partial charge in [-0.25, -0.2) is 0 Å². The van der Waals surface area contributed by atoms with Crippen molar-refractivity contribution in [3.8, 4) is 0 Å². The average molecular weight is 184 g/mol. The summed E-state index contributed by atoms with van der Waals surface area (Å²) in [7, 11) is 3.42. The van der Waals surface area contributed by atoms with Crippen LogP contribution in [0.15, 0.2) is 25.3 Å². The van der Waals surface area contributed by atoms with E-state index in [9.17, 15) is 0 Å². The fraction of sp³-hybridized carbons (Fsp3) is 0.636. The highest BCUT2D eigenvalue weighted by Gasteiger charge is 2.26. The molecule has 0 aromatic heterocycles. The zero-order chi connectivity index (χ0) is 10.2. The fourth-order valence-corrected chi connectivity index (χ4v) is 1.37. The van der Waals surface area contributed by atoms with Gasteiger partial charge in [0, 0.05) is 27.2 Å². The van der Waals surface area contributed by atoms with Gasteiger partial charge < -0.3 is 9.47 Å². The lowest BCUT2D eigenvalue weighted by Gasteiger charge is -2.30. The number of ether oxygens (including phenoxy) is 2. The molecule has 76 valence electrons. The lowest BCUT2D eigenvalue weighted by Crippen LogP contribution is -2.31. The Bertz CT molecular complexity index is 142. The predicted molar refractivity (Wildman–Crippen MR) is 55.9 cm³/mol. The van der Waals surface area contributed by atoms with E-state index in [1.54, 1.807) is 14.2 Å². The van der Waals surface area contributed by atoms with Crippen molar-refractivity contribution < 1.29 is 9.47 Å². The van der Waals surface area contributed by atoms with Crippen LogP contribution in [0.3, 0.4) is 0 Å². The molecular weight excluding hydrogens is 164 g/mol. The highest BCUT2D eigenvalue weighted by molar-refractivity contribution is 4.93. The molecule has 0 fully saturated rings. The quantitative estimate of drug-likeness (QED) is 0.540. The third kappa shape index (κ3) is 4.25. The predicted octanol–water partition coefficient (Wildman–Crippen LogP) is 2.56. The van der Waals surface area contributed by atoms with Gasteiger partial charge in [0.1, 0.15) is 0 Å². The van der Waals surface area contributed by atoms with Crippen molar-refractivity contribution in [3.05, 3.63) is 25.3 Å². The lowest BCUT2D eigenvalue weighted by atomic mass is 9.92. The van der Waals surface area contributed by atoms with Crippen molar-refractivity contribution in [2.45, 2.75) is 24.9 Å². The molecule has 0 rings (SSSR count). The van der Waals surface area contributed by atoms with E-state index in [4.69, 9.17) is 9.47 Å². The molecule has 2 heteroatoms. The largest absolute Gasteiger partial charge is 0.385 e. The van der Waals surface area contributed by atoms with Crippen LogP contribution in [0.1, 0.15) is 19.3 Å². The molecule has 0 atom stereocenters. The summed E-state index contributed by atoms with van der Waals surface area (Å²) in [5.74, 6) is 0. The standard InChI is InChI=1S/C11H20O2/c1-5-7-11(13-4,8-6-2)9-10-12-3/h5-6H,1-2,7-10H2,3-4H3. The van der Waals surface area contributed by atoms with Crippen molar-refractivity contribution >= 4 is 0 Å². The van der Waals surface area contributed by atoms with Gasteiger partial charge in [0.05, 0.1) is 5.60 Å². The second-order valence-corrected chi connectivity index (χ2v) is 3.12. The van der Waals surface area contributed by atoms with E-state index < -0.39 is 0 Å². The summed E-state index contributed by atoms with van der Waals surface area (Å²) in [5, 5.41) is 0. The minimum atomic E-state index is -0.167. The van der Waals surface area contributed by atoms with Crippen molar-refractivity contribution in [2.24, 2.45) is 0 Å². The van der Waals surface area contributed by atoms with Crippen LogP contribution in [0.25, 0.3) is 0 Å². The molecule has 0 saturated heterocycles. The molecule has 0 amide bonds. The zero-order valence-electron chi connectivity index (χ0n) is 8.71. The van der Waals surface area contributed by atoms with Crippen LogP contribution in [0.2, 0.25) is 0 Å². The molecule has 13 heavy (non-hydrogen) atoms. The second-order valence-electron chi connectivity index (χ2n) is 3.12. The van der Waals surface area contributed by atoms with Crippen LogP contribution in [-0.4, -0.2) is 26.4 Å². The Hall–Kier alpha value is -0.600. The number of hydrogen-bond donors (Lipinski definition) is 0. The molecular formula is C11H20O2. The molecule has 0 aliphatic carbocycles. The second kappa shape index (κ2) is 6.87. The van der Waals surface area contributed by atoms with Crippen LogP contribution < -0.4 is 0 Å². The first kappa shape index (κ1) is 12.4. The molecule has 0 N–H and O–H groups in total. The van der Waals surface area contributed by atoms with E-state index in [0.717, 1.165) is 19.3 Å².